The van der Waals surface area contributed by atoms with Crippen LogP contribution in [0.4, 0.5) is 0 Å². The zero-order valence-corrected chi connectivity index (χ0v) is 10.5. The summed E-state index contributed by atoms with van der Waals surface area (Å²) in [6.45, 7) is 6.29. The van der Waals surface area contributed by atoms with Crippen molar-refractivity contribution in [2.75, 3.05) is 0 Å². The SMILES string of the molecule is C/C=C\C(S)=C(/CC)c1cccc(C)c1. The molecule has 1 aromatic rings. The van der Waals surface area contributed by atoms with E-state index in [1.807, 2.05) is 19.1 Å². The quantitative estimate of drug-likeness (QED) is 0.555. The summed E-state index contributed by atoms with van der Waals surface area (Å²) >= 11 is 4.52. The van der Waals surface area contributed by atoms with Crippen LogP contribution < -0.4 is 0 Å². The van der Waals surface area contributed by atoms with Crippen molar-refractivity contribution in [2.45, 2.75) is 27.2 Å². The first-order chi connectivity index (χ1) is 7.19. The summed E-state index contributed by atoms with van der Waals surface area (Å²) in [7, 11) is 0. The minimum atomic E-state index is 1.01. The van der Waals surface area contributed by atoms with E-state index in [0.29, 0.717) is 0 Å². The van der Waals surface area contributed by atoms with E-state index in [2.05, 4.69) is 50.7 Å². The fraction of sp³-hybridized carbons (Fsp3) is 0.286. The Morgan fingerprint density at radius 3 is 2.67 bits per heavy atom. The van der Waals surface area contributed by atoms with Gasteiger partial charge in [-0.15, -0.1) is 12.6 Å². The highest BCUT2D eigenvalue weighted by atomic mass is 32.1. The second-order valence-corrected chi connectivity index (χ2v) is 4.07. The maximum absolute atomic E-state index is 4.52. The summed E-state index contributed by atoms with van der Waals surface area (Å²) in [4.78, 5) is 1.06. The average Bonchev–Trinajstić information content (AvgIpc) is 2.19. The molecule has 0 bridgehead atoms. The Bertz CT molecular complexity index is 386. The summed E-state index contributed by atoms with van der Waals surface area (Å²) in [5, 5.41) is 0. The number of allylic oxidation sites excluding steroid dienone is 3. The van der Waals surface area contributed by atoms with Gasteiger partial charge >= 0.3 is 0 Å². The molecule has 1 heteroatoms. The number of benzene rings is 1. The van der Waals surface area contributed by atoms with Gasteiger partial charge in [-0.1, -0.05) is 48.9 Å². The summed E-state index contributed by atoms with van der Waals surface area (Å²) < 4.78 is 0. The van der Waals surface area contributed by atoms with Crippen molar-refractivity contribution < 1.29 is 0 Å². The molecular weight excluding hydrogens is 200 g/mol. The number of rotatable bonds is 3. The molecule has 80 valence electrons. The van der Waals surface area contributed by atoms with Gasteiger partial charge in [-0.3, -0.25) is 0 Å². The zero-order valence-electron chi connectivity index (χ0n) is 9.62. The van der Waals surface area contributed by atoms with Crippen molar-refractivity contribution in [3.8, 4) is 0 Å². The molecule has 0 atom stereocenters. The Labute approximate surface area is 98.1 Å². The lowest BCUT2D eigenvalue weighted by Gasteiger charge is -2.08. The first-order valence-corrected chi connectivity index (χ1v) is 5.75. The summed E-state index contributed by atoms with van der Waals surface area (Å²) in [5.41, 5.74) is 3.88. The highest BCUT2D eigenvalue weighted by Crippen LogP contribution is 2.25. The van der Waals surface area contributed by atoms with E-state index in [-0.39, 0.29) is 0 Å². The lowest BCUT2D eigenvalue weighted by molar-refractivity contribution is 1.23. The maximum atomic E-state index is 4.52. The van der Waals surface area contributed by atoms with Crippen LogP contribution in [0.15, 0.2) is 41.3 Å². The number of aryl methyl sites for hydroxylation is 1. The van der Waals surface area contributed by atoms with E-state index >= 15 is 0 Å². The van der Waals surface area contributed by atoms with E-state index in [0.717, 1.165) is 11.3 Å². The first kappa shape index (κ1) is 12.1. The predicted octanol–water partition coefficient (Wildman–Crippen LogP) is 4.62. The van der Waals surface area contributed by atoms with Crippen molar-refractivity contribution in [3.05, 3.63) is 52.4 Å². The molecule has 0 fully saturated rings. The van der Waals surface area contributed by atoms with Gasteiger partial charge in [0.25, 0.3) is 0 Å². The van der Waals surface area contributed by atoms with Gasteiger partial charge in [0.05, 0.1) is 0 Å². The molecule has 0 radical (unpaired) electrons. The molecule has 0 spiro atoms. The Kier molecular flexibility index (Phi) is 4.70. The van der Waals surface area contributed by atoms with Gasteiger partial charge in [-0.2, -0.15) is 0 Å². The van der Waals surface area contributed by atoms with Crippen LogP contribution in [0.1, 0.15) is 31.4 Å². The number of hydrogen-bond donors (Lipinski definition) is 1. The number of thiol groups is 1. The molecule has 0 unspecified atom stereocenters. The van der Waals surface area contributed by atoms with Crippen molar-refractivity contribution in [2.24, 2.45) is 0 Å². The molecule has 0 saturated heterocycles. The highest BCUT2D eigenvalue weighted by Gasteiger charge is 2.02. The van der Waals surface area contributed by atoms with E-state index in [1.54, 1.807) is 0 Å². The zero-order chi connectivity index (χ0) is 11.3. The summed E-state index contributed by atoms with van der Waals surface area (Å²) in [6.07, 6.45) is 5.07. The standard InChI is InChI=1S/C14H18S/c1-4-7-14(15)13(5-2)12-9-6-8-11(3)10-12/h4,6-10,15H,5H2,1-3H3/b7-4-,14-13-. The molecule has 0 amide bonds. The normalized spacial score (nSPS) is 13.1. The lowest BCUT2D eigenvalue weighted by atomic mass is 10.0. The van der Waals surface area contributed by atoms with Gasteiger partial charge in [-0.05, 0) is 31.4 Å². The Balaban J connectivity index is 3.18. The third-order valence-electron chi connectivity index (χ3n) is 2.35. The third kappa shape index (κ3) is 3.28. The Morgan fingerprint density at radius 2 is 2.13 bits per heavy atom. The minimum absolute atomic E-state index is 1.01. The van der Waals surface area contributed by atoms with Gasteiger partial charge in [-0.25, -0.2) is 0 Å². The topological polar surface area (TPSA) is 0 Å². The van der Waals surface area contributed by atoms with Gasteiger partial charge in [0.2, 0.25) is 0 Å². The second-order valence-electron chi connectivity index (χ2n) is 3.59. The lowest BCUT2D eigenvalue weighted by Crippen LogP contribution is -1.86. The van der Waals surface area contributed by atoms with Crippen LogP contribution in [-0.2, 0) is 0 Å². The molecule has 1 rings (SSSR count). The first-order valence-electron chi connectivity index (χ1n) is 5.30. The predicted molar refractivity (Wildman–Crippen MR) is 72.2 cm³/mol. The van der Waals surface area contributed by atoms with Crippen LogP contribution in [0.2, 0.25) is 0 Å². The fourth-order valence-electron chi connectivity index (χ4n) is 1.62. The Hall–Kier alpha value is -0.950. The average molecular weight is 218 g/mol. The van der Waals surface area contributed by atoms with Crippen molar-refractivity contribution >= 4 is 18.2 Å². The van der Waals surface area contributed by atoms with Crippen LogP contribution in [0, 0.1) is 6.92 Å². The third-order valence-corrected chi connectivity index (χ3v) is 2.77. The van der Waals surface area contributed by atoms with Gasteiger partial charge in [0.1, 0.15) is 0 Å². The van der Waals surface area contributed by atoms with Gasteiger partial charge in [0.15, 0.2) is 0 Å². The molecule has 1 aromatic carbocycles. The fourth-order valence-corrected chi connectivity index (χ4v) is 2.06. The smallest absolute Gasteiger partial charge is 0.00746 e. The molecule has 0 aliphatic rings. The monoisotopic (exact) mass is 218 g/mol. The van der Waals surface area contributed by atoms with Crippen LogP contribution in [0.25, 0.3) is 5.57 Å². The molecule has 15 heavy (non-hydrogen) atoms. The van der Waals surface area contributed by atoms with E-state index in [4.69, 9.17) is 0 Å². The molecule has 0 N–H and O–H groups in total. The molecular formula is C14H18S. The summed E-state index contributed by atoms with van der Waals surface area (Å²) in [5.74, 6) is 0. The van der Waals surface area contributed by atoms with Crippen LogP contribution in [-0.4, -0.2) is 0 Å². The van der Waals surface area contributed by atoms with Crippen molar-refractivity contribution in [1.82, 2.24) is 0 Å². The minimum Gasteiger partial charge on any atom is -0.143 e. The van der Waals surface area contributed by atoms with Crippen LogP contribution in [0.5, 0.6) is 0 Å². The largest absolute Gasteiger partial charge is 0.143 e. The maximum Gasteiger partial charge on any atom is 0.00746 e. The molecule has 0 saturated carbocycles. The highest BCUT2D eigenvalue weighted by molar-refractivity contribution is 7.85. The van der Waals surface area contributed by atoms with Crippen molar-refractivity contribution in [1.29, 1.82) is 0 Å². The van der Waals surface area contributed by atoms with E-state index < -0.39 is 0 Å². The molecule has 0 heterocycles. The molecule has 0 nitrogen and oxygen atoms in total. The van der Waals surface area contributed by atoms with Crippen molar-refractivity contribution in [3.63, 3.8) is 0 Å². The molecule has 0 aromatic heterocycles. The molecule has 0 aliphatic heterocycles. The van der Waals surface area contributed by atoms with E-state index in [9.17, 15) is 0 Å². The van der Waals surface area contributed by atoms with Gasteiger partial charge in [0, 0.05) is 4.91 Å². The Morgan fingerprint density at radius 1 is 1.40 bits per heavy atom. The number of hydrogen-bond acceptors (Lipinski definition) is 1. The van der Waals surface area contributed by atoms with Crippen LogP contribution >= 0.6 is 12.6 Å². The van der Waals surface area contributed by atoms with Crippen LogP contribution in [0.3, 0.4) is 0 Å². The van der Waals surface area contributed by atoms with E-state index in [1.165, 1.54) is 16.7 Å². The second kappa shape index (κ2) is 5.82. The summed E-state index contributed by atoms with van der Waals surface area (Å²) in [6, 6.07) is 8.56. The van der Waals surface area contributed by atoms with Gasteiger partial charge < -0.3 is 0 Å². The molecule has 0 aliphatic carbocycles.